The van der Waals surface area contributed by atoms with E-state index < -0.39 is 6.10 Å². The highest BCUT2D eigenvalue weighted by atomic mass is 16.3. The predicted molar refractivity (Wildman–Crippen MR) is 52.3 cm³/mol. The summed E-state index contributed by atoms with van der Waals surface area (Å²) in [7, 11) is 0. The van der Waals surface area contributed by atoms with E-state index in [9.17, 15) is 10.2 Å². The highest BCUT2D eigenvalue weighted by Gasteiger charge is 2.16. The predicted octanol–water partition coefficient (Wildman–Crippen LogP) is 1.66. The van der Waals surface area contributed by atoms with Gasteiger partial charge in [-0.25, -0.2) is 0 Å². The van der Waals surface area contributed by atoms with Crippen LogP contribution < -0.4 is 5.73 Å². The van der Waals surface area contributed by atoms with Crippen molar-refractivity contribution in [1.82, 2.24) is 0 Å². The van der Waals surface area contributed by atoms with Crippen LogP contribution in [0.3, 0.4) is 0 Å². The van der Waals surface area contributed by atoms with Crippen molar-refractivity contribution in [2.45, 2.75) is 20.0 Å². The van der Waals surface area contributed by atoms with Crippen LogP contribution in [0.4, 0.5) is 5.69 Å². The fraction of sp³-hybridized carbons (Fsp3) is 0.400. The molecule has 3 heteroatoms. The minimum atomic E-state index is -0.663. The number of phenols is 1. The smallest absolute Gasteiger partial charge is 0.144 e. The summed E-state index contributed by atoms with van der Waals surface area (Å²) < 4.78 is 0. The summed E-state index contributed by atoms with van der Waals surface area (Å²) in [5, 5.41) is 19.2. The van der Waals surface area contributed by atoms with Gasteiger partial charge in [0.25, 0.3) is 0 Å². The van der Waals surface area contributed by atoms with Crippen LogP contribution in [0.2, 0.25) is 0 Å². The number of benzene rings is 1. The fourth-order valence-electron chi connectivity index (χ4n) is 1.18. The highest BCUT2D eigenvalue weighted by Crippen LogP contribution is 2.32. The monoisotopic (exact) mass is 181 g/mol. The quantitative estimate of drug-likeness (QED) is 0.480. The Morgan fingerprint density at radius 2 is 1.92 bits per heavy atom. The molecule has 0 saturated heterocycles. The van der Waals surface area contributed by atoms with Gasteiger partial charge < -0.3 is 15.9 Å². The maximum atomic E-state index is 9.69. The Hall–Kier alpha value is -1.22. The van der Waals surface area contributed by atoms with Gasteiger partial charge in [-0.15, -0.1) is 0 Å². The third kappa shape index (κ3) is 1.92. The molecule has 3 nitrogen and oxygen atoms in total. The summed E-state index contributed by atoms with van der Waals surface area (Å²) in [6.07, 6.45) is -0.663. The van der Waals surface area contributed by atoms with Crippen molar-refractivity contribution in [3.8, 4) is 5.75 Å². The maximum Gasteiger partial charge on any atom is 0.144 e. The molecule has 13 heavy (non-hydrogen) atoms. The van der Waals surface area contributed by atoms with Crippen molar-refractivity contribution in [2.24, 2.45) is 5.92 Å². The van der Waals surface area contributed by atoms with E-state index in [-0.39, 0.29) is 11.7 Å². The van der Waals surface area contributed by atoms with Gasteiger partial charge in [-0.05, 0) is 12.0 Å². The standard InChI is InChI=1S/C10H15NO2/c1-6(2)9(12)7-4-3-5-8(11)10(7)13/h3-6,9,12-13H,11H2,1-2H3. The van der Waals surface area contributed by atoms with E-state index in [1.165, 1.54) is 0 Å². The summed E-state index contributed by atoms with van der Waals surface area (Å²) in [5.74, 6) is 0.0522. The lowest BCUT2D eigenvalue weighted by molar-refractivity contribution is 0.124. The van der Waals surface area contributed by atoms with Crippen LogP contribution in [0.15, 0.2) is 18.2 Å². The highest BCUT2D eigenvalue weighted by molar-refractivity contribution is 5.56. The summed E-state index contributed by atoms with van der Waals surface area (Å²) in [4.78, 5) is 0. The third-order valence-corrected chi connectivity index (χ3v) is 2.05. The first-order valence-electron chi connectivity index (χ1n) is 4.29. The van der Waals surface area contributed by atoms with Crippen LogP contribution in [0.5, 0.6) is 5.75 Å². The van der Waals surface area contributed by atoms with Crippen LogP contribution in [0.1, 0.15) is 25.5 Å². The second-order valence-corrected chi connectivity index (χ2v) is 3.47. The van der Waals surface area contributed by atoms with Crippen molar-refractivity contribution in [3.05, 3.63) is 23.8 Å². The second kappa shape index (κ2) is 3.66. The lowest BCUT2D eigenvalue weighted by Gasteiger charge is -2.16. The SMILES string of the molecule is CC(C)C(O)c1cccc(N)c1O. The van der Waals surface area contributed by atoms with Crippen LogP contribution >= 0.6 is 0 Å². The number of aliphatic hydroxyl groups is 1. The van der Waals surface area contributed by atoms with E-state index in [4.69, 9.17) is 5.73 Å². The van der Waals surface area contributed by atoms with Gasteiger partial charge in [-0.2, -0.15) is 0 Å². The number of aliphatic hydroxyl groups excluding tert-OH is 1. The van der Waals surface area contributed by atoms with E-state index in [0.717, 1.165) is 0 Å². The molecule has 0 saturated carbocycles. The first-order chi connectivity index (χ1) is 6.04. The zero-order valence-corrected chi connectivity index (χ0v) is 7.86. The number of phenolic OH excluding ortho intramolecular Hbond substituents is 1. The van der Waals surface area contributed by atoms with Crippen molar-refractivity contribution in [3.63, 3.8) is 0 Å². The minimum absolute atomic E-state index is 0.0105. The van der Waals surface area contributed by atoms with Gasteiger partial charge in [-0.1, -0.05) is 26.0 Å². The Bertz CT molecular complexity index is 297. The topological polar surface area (TPSA) is 66.5 Å². The van der Waals surface area contributed by atoms with E-state index in [1.54, 1.807) is 18.2 Å². The van der Waals surface area contributed by atoms with Crippen LogP contribution in [-0.4, -0.2) is 10.2 Å². The van der Waals surface area contributed by atoms with Crippen molar-refractivity contribution in [1.29, 1.82) is 0 Å². The van der Waals surface area contributed by atoms with Crippen molar-refractivity contribution in [2.75, 3.05) is 5.73 Å². The Labute approximate surface area is 77.8 Å². The van der Waals surface area contributed by atoms with Gasteiger partial charge in [0.2, 0.25) is 0 Å². The van der Waals surface area contributed by atoms with Crippen molar-refractivity contribution >= 4 is 5.69 Å². The van der Waals surface area contributed by atoms with Gasteiger partial charge in [0.1, 0.15) is 5.75 Å². The Kier molecular flexibility index (Phi) is 2.78. The lowest BCUT2D eigenvalue weighted by Crippen LogP contribution is -2.06. The zero-order valence-electron chi connectivity index (χ0n) is 7.86. The first kappa shape index (κ1) is 9.86. The molecule has 0 bridgehead atoms. The lowest BCUT2D eigenvalue weighted by atomic mass is 9.98. The number of para-hydroxylation sites is 1. The van der Waals surface area contributed by atoms with Crippen molar-refractivity contribution < 1.29 is 10.2 Å². The van der Waals surface area contributed by atoms with Gasteiger partial charge in [0.05, 0.1) is 11.8 Å². The molecule has 0 aliphatic carbocycles. The number of hydrogen-bond donors (Lipinski definition) is 3. The van der Waals surface area contributed by atoms with Gasteiger partial charge in [0, 0.05) is 5.56 Å². The molecule has 0 amide bonds. The molecule has 0 fully saturated rings. The molecule has 0 aliphatic rings. The summed E-state index contributed by atoms with van der Waals surface area (Å²) in [6.45, 7) is 3.76. The summed E-state index contributed by atoms with van der Waals surface area (Å²) in [5.41, 5.74) is 6.30. The van der Waals surface area contributed by atoms with E-state index in [2.05, 4.69) is 0 Å². The largest absolute Gasteiger partial charge is 0.505 e. The fourth-order valence-corrected chi connectivity index (χ4v) is 1.18. The summed E-state index contributed by atoms with van der Waals surface area (Å²) in [6, 6.07) is 5.00. The molecule has 1 aromatic rings. The number of anilines is 1. The molecule has 1 rings (SSSR count). The average Bonchev–Trinajstić information content (AvgIpc) is 2.08. The molecular weight excluding hydrogens is 166 g/mol. The third-order valence-electron chi connectivity index (χ3n) is 2.05. The number of nitrogens with two attached hydrogens (primary N) is 1. The Balaban J connectivity index is 3.07. The molecule has 0 aliphatic heterocycles. The summed E-state index contributed by atoms with van der Waals surface area (Å²) >= 11 is 0. The Morgan fingerprint density at radius 1 is 1.31 bits per heavy atom. The first-order valence-corrected chi connectivity index (χ1v) is 4.29. The van der Waals surface area contributed by atoms with Gasteiger partial charge in [-0.3, -0.25) is 0 Å². The van der Waals surface area contributed by atoms with Gasteiger partial charge >= 0.3 is 0 Å². The average molecular weight is 181 g/mol. The van der Waals surface area contributed by atoms with Gasteiger partial charge in [0.15, 0.2) is 0 Å². The molecule has 0 heterocycles. The zero-order chi connectivity index (χ0) is 10.0. The number of nitrogen functional groups attached to an aromatic ring is 1. The van der Waals surface area contributed by atoms with Crippen LogP contribution in [0.25, 0.3) is 0 Å². The van der Waals surface area contributed by atoms with Crippen LogP contribution in [0, 0.1) is 5.92 Å². The number of aromatic hydroxyl groups is 1. The number of rotatable bonds is 2. The minimum Gasteiger partial charge on any atom is -0.505 e. The number of hydrogen-bond acceptors (Lipinski definition) is 3. The molecule has 1 atom stereocenters. The molecule has 4 N–H and O–H groups in total. The van der Waals surface area contributed by atoms with E-state index in [0.29, 0.717) is 11.3 Å². The molecule has 1 aromatic carbocycles. The molecule has 0 radical (unpaired) electrons. The van der Waals surface area contributed by atoms with Crippen LogP contribution in [-0.2, 0) is 0 Å². The van der Waals surface area contributed by atoms with E-state index >= 15 is 0 Å². The molecular formula is C10H15NO2. The Morgan fingerprint density at radius 3 is 2.46 bits per heavy atom. The molecule has 72 valence electrons. The molecule has 0 spiro atoms. The van der Waals surface area contributed by atoms with E-state index in [1.807, 2.05) is 13.8 Å². The molecule has 1 unspecified atom stereocenters. The molecule has 0 aromatic heterocycles. The second-order valence-electron chi connectivity index (χ2n) is 3.47. The normalized spacial score (nSPS) is 13.2. The maximum absolute atomic E-state index is 9.69.